The van der Waals surface area contributed by atoms with Crippen LogP contribution in [-0.4, -0.2) is 51.8 Å². The molecule has 1 heterocycles. The molecule has 0 radical (unpaired) electrons. The van der Waals surface area contributed by atoms with Gasteiger partial charge in [0.1, 0.15) is 5.25 Å². The first-order valence-corrected chi connectivity index (χ1v) is 12.1. The number of hydrogen-bond acceptors (Lipinski definition) is 7. The van der Waals surface area contributed by atoms with E-state index in [1.807, 2.05) is 31.2 Å². The molecule has 180 valence electrons. The Hall–Kier alpha value is -3.24. The van der Waals surface area contributed by atoms with Gasteiger partial charge in [0.25, 0.3) is 5.69 Å². The molecule has 0 bridgehead atoms. The molecule has 1 unspecified atom stereocenters. The van der Waals surface area contributed by atoms with Crippen molar-refractivity contribution in [3.05, 3.63) is 64.2 Å². The van der Waals surface area contributed by atoms with Crippen LogP contribution in [0.15, 0.2) is 53.5 Å². The van der Waals surface area contributed by atoms with Crippen molar-refractivity contribution in [2.75, 3.05) is 25.1 Å². The van der Waals surface area contributed by atoms with Crippen LogP contribution in [0.4, 0.5) is 17.1 Å². The Morgan fingerprint density at radius 1 is 1.24 bits per heavy atom. The maximum atomic E-state index is 13.1. The fraction of sp³-hybridized carbons (Fsp3) is 0.375. The Bertz CT molecular complexity index is 1060. The van der Waals surface area contributed by atoms with E-state index in [1.165, 1.54) is 35.5 Å². The van der Waals surface area contributed by atoms with Gasteiger partial charge in [-0.1, -0.05) is 36.9 Å². The summed E-state index contributed by atoms with van der Waals surface area (Å²) in [5.74, 6) is -0.575. The molecule has 2 amide bonds. The van der Waals surface area contributed by atoms with E-state index in [1.54, 1.807) is 11.0 Å². The lowest BCUT2D eigenvalue weighted by Gasteiger charge is -2.16. The lowest BCUT2D eigenvalue weighted by molar-refractivity contribution is -0.384. The molecule has 2 aromatic carbocycles. The van der Waals surface area contributed by atoms with Crippen molar-refractivity contribution in [3.63, 3.8) is 0 Å². The van der Waals surface area contributed by atoms with Gasteiger partial charge < -0.3 is 10.1 Å². The zero-order chi connectivity index (χ0) is 24.5. The highest BCUT2D eigenvalue weighted by molar-refractivity contribution is 8.15. The van der Waals surface area contributed by atoms with Crippen LogP contribution >= 0.6 is 11.8 Å². The molecule has 9 nitrogen and oxygen atoms in total. The molecule has 2 aromatic rings. The van der Waals surface area contributed by atoms with E-state index in [0.29, 0.717) is 37.0 Å². The standard InChI is InChI=1S/C24H28N4O5S/c1-3-17-9-11-18(12-10-17)26-24-27(13-6-14-33-4-2)23(30)21(34-24)16-22(29)25-19-7-5-8-20(15-19)28(31)32/h5,7-12,15,21H,3-4,6,13-14,16H2,1-2H3,(H,25,29). The number of thioether (sulfide) groups is 1. The van der Waals surface area contributed by atoms with Crippen LogP contribution in [0.5, 0.6) is 0 Å². The quantitative estimate of drug-likeness (QED) is 0.284. The van der Waals surface area contributed by atoms with Crippen molar-refractivity contribution in [3.8, 4) is 0 Å². The first-order chi connectivity index (χ1) is 16.4. The van der Waals surface area contributed by atoms with Gasteiger partial charge in [-0.25, -0.2) is 4.99 Å². The Kier molecular flexibility index (Phi) is 9.17. The summed E-state index contributed by atoms with van der Waals surface area (Å²) in [6.45, 7) is 5.57. The summed E-state index contributed by atoms with van der Waals surface area (Å²) in [6.07, 6.45) is 1.51. The second-order valence-corrected chi connectivity index (χ2v) is 8.79. The highest BCUT2D eigenvalue weighted by Crippen LogP contribution is 2.32. The third-order valence-corrected chi connectivity index (χ3v) is 6.35. The number of aliphatic imine (C=N–C) groups is 1. The molecular formula is C24H28N4O5S. The molecule has 1 fully saturated rings. The van der Waals surface area contributed by atoms with E-state index in [9.17, 15) is 19.7 Å². The van der Waals surface area contributed by atoms with Crippen LogP contribution in [0, 0.1) is 10.1 Å². The Balaban J connectivity index is 1.72. The summed E-state index contributed by atoms with van der Waals surface area (Å²) in [7, 11) is 0. The van der Waals surface area contributed by atoms with Crippen LogP contribution in [0.3, 0.4) is 0 Å². The van der Waals surface area contributed by atoms with Gasteiger partial charge in [0.05, 0.1) is 10.6 Å². The van der Waals surface area contributed by atoms with Crippen LogP contribution in [0.25, 0.3) is 0 Å². The Labute approximate surface area is 202 Å². The predicted molar refractivity (Wildman–Crippen MR) is 133 cm³/mol. The molecule has 10 heteroatoms. The fourth-order valence-electron chi connectivity index (χ4n) is 3.39. The number of nitrogens with one attached hydrogen (secondary N) is 1. The van der Waals surface area contributed by atoms with Crippen LogP contribution in [0.2, 0.25) is 0 Å². The van der Waals surface area contributed by atoms with Crippen molar-refractivity contribution in [1.29, 1.82) is 0 Å². The minimum absolute atomic E-state index is 0.0675. The molecule has 0 saturated carbocycles. The summed E-state index contributed by atoms with van der Waals surface area (Å²) in [5.41, 5.74) is 2.13. The van der Waals surface area contributed by atoms with Crippen LogP contribution in [0.1, 0.15) is 32.3 Å². The Morgan fingerprint density at radius 2 is 2.00 bits per heavy atom. The van der Waals surface area contributed by atoms with Gasteiger partial charge in [0, 0.05) is 44.0 Å². The number of nitrogens with zero attached hydrogens (tertiary/aromatic N) is 3. The van der Waals surface area contributed by atoms with Gasteiger partial charge in [-0.15, -0.1) is 0 Å². The SMILES string of the molecule is CCOCCCN1C(=O)C(CC(=O)Nc2cccc([N+](=O)[O-])c2)SC1=Nc1ccc(CC)cc1. The minimum Gasteiger partial charge on any atom is -0.382 e. The maximum absolute atomic E-state index is 13.1. The third-order valence-electron chi connectivity index (χ3n) is 5.18. The second kappa shape index (κ2) is 12.3. The van der Waals surface area contributed by atoms with Gasteiger partial charge in [-0.3, -0.25) is 24.6 Å². The molecule has 1 aliphatic heterocycles. The molecule has 3 rings (SSSR count). The van der Waals surface area contributed by atoms with Gasteiger partial charge >= 0.3 is 0 Å². The van der Waals surface area contributed by atoms with Crippen LogP contribution in [-0.2, 0) is 20.7 Å². The second-order valence-electron chi connectivity index (χ2n) is 7.62. The van der Waals surface area contributed by atoms with Gasteiger partial charge in [0.15, 0.2) is 5.17 Å². The van der Waals surface area contributed by atoms with E-state index in [0.717, 1.165) is 12.1 Å². The number of hydrogen-bond donors (Lipinski definition) is 1. The normalized spacial score (nSPS) is 16.8. The average molecular weight is 485 g/mol. The van der Waals surface area contributed by atoms with Crippen molar-refractivity contribution in [2.45, 2.75) is 38.4 Å². The first-order valence-electron chi connectivity index (χ1n) is 11.2. The number of amides is 2. The molecule has 1 atom stereocenters. The summed E-state index contributed by atoms with van der Waals surface area (Å²) < 4.78 is 5.40. The number of non-ortho nitro benzene ring substituents is 1. The number of ether oxygens (including phenoxy) is 1. The van der Waals surface area contributed by atoms with E-state index < -0.39 is 16.1 Å². The van der Waals surface area contributed by atoms with Crippen molar-refractivity contribution in [2.24, 2.45) is 4.99 Å². The molecule has 0 aromatic heterocycles. The van der Waals surface area contributed by atoms with E-state index >= 15 is 0 Å². The van der Waals surface area contributed by atoms with Crippen molar-refractivity contribution in [1.82, 2.24) is 4.90 Å². The highest BCUT2D eigenvalue weighted by Gasteiger charge is 2.39. The summed E-state index contributed by atoms with van der Waals surface area (Å²) in [5, 5.41) is 13.5. The number of rotatable bonds is 11. The van der Waals surface area contributed by atoms with E-state index in [-0.39, 0.29) is 18.0 Å². The third kappa shape index (κ3) is 6.88. The summed E-state index contributed by atoms with van der Waals surface area (Å²) >= 11 is 1.26. The minimum atomic E-state index is -0.626. The summed E-state index contributed by atoms with van der Waals surface area (Å²) in [4.78, 5) is 42.5. The van der Waals surface area contributed by atoms with Gasteiger partial charge in [-0.2, -0.15) is 0 Å². The molecular weight excluding hydrogens is 456 g/mol. The first kappa shape index (κ1) is 25.4. The monoisotopic (exact) mass is 484 g/mol. The number of benzene rings is 2. The molecule has 1 N–H and O–H groups in total. The number of anilines is 1. The van der Waals surface area contributed by atoms with Crippen molar-refractivity contribution < 1.29 is 19.2 Å². The topological polar surface area (TPSA) is 114 Å². The maximum Gasteiger partial charge on any atom is 0.271 e. The van der Waals surface area contributed by atoms with E-state index in [4.69, 9.17) is 4.74 Å². The van der Waals surface area contributed by atoms with E-state index in [2.05, 4.69) is 17.2 Å². The zero-order valence-electron chi connectivity index (χ0n) is 19.2. The highest BCUT2D eigenvalue weighted by atomic mass is 32.2. The van der Waals surface area contributed by atoms with Crippen molar-refractivity contribution >= 4 is 45.8 Å². The number of amidine groups is 1. The number of carbonyl (C=O) groups is 2. The number of carbonyl (C=O) groups excluding carboxylic acids is 2. The van der Waals surface area contributed by atoms with Gasteiger partial charge in [-0.05, 0) is 43.5 Å². The smallest absolute Gasteiger partial charge is 0.271 e. The molecule has 1 aliphatic rings. The van der Waals surface area contributed by atoms with Gasteiger partial charge in [0.2, 0.25) is 11.8 Å². The summed E-state index contributed by atoms with van der Waals surface area (Å²) in [6, 6.07) is 13.5. The molecule has 0 spiro atoms. The van der Waals surface area contributed by atoms with Crippen LogP contribution < -0.4 is 5.32 Å². The largest absolute Gasteiger partial charge is 0.382 e. The Morgan fingerprint density at radius 3 is 2.68 bits per heavy atom. The lowest BCUT2D eigenvalue weighted by Crippen LogP contribution is -2.34. The molecule has 34 heavy (non-hydrogen) atoms. The molecule has 1 saturated heterocycles. The number of nitro groups is 1. The number of aryl methyl sites for hydroxylation is 1. The number of nitro benzene ring substituents is 1. The zero-order valence-corrected chi connectivity index (χ0v) is 20.0. The lowest BCUT2D eigenvalue weighted by atomic mass is 10.2. The average Bonchev–Trinajstić information content (AvgIpc) is 3.11. The fourth-order valence-corrected chi connectivity index (χ4v) is 4.58. The molecule has 0 aliphatic carbocycles. The predicted octanol–water partition coefficient (Wildman–Crippen LogP) is 4.54.